The Hall–Kier alpha value is -2.89. The topological polar surface area (TPSA) is 66.5 Å². The molecule has 2 fully saturated rings. The van der Waals surface area contributed by atoms with Gasteiger partial charge in [-0.05, 0) is 35.9 Å². The number of rotatable bonds is 7. The van der Waals surface area contributed by atoms with Crippen LogP contribution < -0.4 is 9.47 Å². The monoisotopic (exact) mass is 485 g/mol. The first-order valence-electron chi connectivity index (χ1n) is 10.5. The molecule has 0 aromatic heterocycles. The fourth-order valence-electron chi connectivity index (χ4n) is 4.22. The summed E-state index contributed by atoms with van der Waals surface area (Å²) in [6.45, 7) is -0.306. The lowest BCUT2D eigenvalue weighted by atomic mass is 9.82. The molecule has 0 spiro atoms. The van der Waals surface area contributed by atoms with Gasteiger partial charge < -0.3 is 23.8 Å². The molecule has 1 amide bonds. The highest BCUT2D eigenvalue weighted by molar-refractivity contribution is 5.95. The second kappa shape index (κ2) is 9.77. The van der Waals surface area contributed by atoms with Crippen molar-refractivity contribution in [1.29, 1.82) is 0 Å². The fourth-order valence-corrected chi connectivity index (χ4v) is 4.22. The van der Waals surface area contributed by atoms with E-state index in [0.29, 0.717) is 18.5 Å². The number of hydrogen-bond acceptors (Lipinski definition) is 6. The molecule has 2 aromatic carbocycles. The molecule has 2 atom stereocenters. The molecule has 0 aliphatic carbocycles. The van der Waals surface area contributed by atoms with Crippen molar-refractivity contribution >= 4 is 5.91 Å². The van der Waals surface area contributed by atoms with Crippen molar-refractivity contribution in [3.8, 4) is 11.5 Å². The smallest absolute Gasteiger partial charge is 0.493 e. The number of piperidine rings is 1. The maximum atomic E-state index is 13.4. The molecular formula is C23H23F4NO6. The third kappa shape index (κ3) is 5.11. The zero-order valence-electron chi connectivity index (χ0n) is 18.3. The van der Waals surface area contributed by atoms with Crippen LogP contribution in [0.15, 0.2) is 42.5 Å². The SMILES string of the molecule is COc1cc(C(=O)N2CC[C@]3(c4ccc(F)cc4)OCO[C@H]3C2)ccc1OCCOC(F)(F)F. The summed E-state index contributed by atoms with van der Waals surface area (Å²) < 4.78 is 75.5. The van der Waals surface area contributed by atoms with E-state index in [1.807, 2.05) is 0 Å². The van der Waals surface area contributed by atoms with Gasteiger partial charge >= 0.3 is 6.36 Å². The maximum absolute atomic E-state index is 13.4. The predicted octanol–water partition coefficient (Wildman–Crippen LogP) is 3.86. The standard InChI is InChI=1S/C23H23F4NO6/c1-30-19-12-15(2-7-18(19)31-10-11-33-23(25,26)27)21(29)28-9-8-22(20(13-28)32-14-34-22)16-3-5-17(24)6-4-16/h2-7,12,20H,8-11,13-14H2,1H3/t20-,22+/m0/s1. The van der Waals surface area contributed by atoms with Crippen LogP contribution in [0.4, 0.5) is 17.6 Å². The molecule has 0 unspecified atom stereocenters. The number of likely N-dealkylation sites (tertiary alicyclic amines) is 1. The first kappa shape index (κ1) is 24.2. The number of fused-ring (bicyclic) bond motifs is 1. The van der Waals surface area contributed by atoms with Crippen LogP contribution in [-0.4, -0.2) is 63.5 Å². The largest absolute Gasteiger partial charge is 0.522 e. The van der Waals surface area contributed by atoms with Crippen molar-refractivity contribution in [3.63, 3.8) is 0 Å². The molecule has 2 aromatic rings. The van der Waals surface area contributed by atoms with Gasteiger partial charge in [-0.2, -0.15) is 0 Å². The van der Waals surface area contributed by atoms with Crippen molar-refractivity contribution in [2.24, 2.45) is 0 Å². The molecule has 4 rings (SSSR count). The first-order valence-corrected chi connectivity index (χ1v) is 10.5. The highest BCUT2D eigenvalue weighted by atomic mass is 19.4. The van der Waals surface area contributed by atoms with Gasteiger partial charge in [0.25, 0.3) is 5.91 Å². The number of nitrogens with zero attached hydrogens (tertiary/aromatic N) is 1. The van der Waals surface area contributed by atoms with Gasteiger partial charge in [0.15, 0.2) is 11.5 Å². The summed E-state index contributed by atoms with van der Waals surface area (Å²) in [7, 11) is 1.37. The molecule has 0 N–H and O–H groups in total. The number of halogens is 4. The van der Waals surface area contributed by atoms with E-state index < -0.39 is 24.7 Å². The van der Waals surface area contributed by atoms with Gasteiger partial charge in [-0.15, -0.1) is 13.2 Å². The van der Waals surface area contributed by atoms with E-state index in [4.69, 9.17) is 18.9 Å². The Labute approximate surface area is 193 Å². The molecule has 7 nitrogen and oxygen atoms in total. The van der Waals surface area contributed by atoms with Crippen molar-refractivity contribution in [2.75, 3.05) is 40.2 Å². The van der Waals surface area contributed by atoms with Crippen LogP contribution in [0.25, 0.3) is 0 Å². The Morgan fingerprint density at radius 2 is 1.91 bits per heavy atom. The third-order valence-electron chi connectivity index (χ3n) is 5.88. The molecule has 2 aliphatic rings. The Balaban J connectivity index is 1.43. The highest BCUT2D eigenvalue weighted by Gasteiger charge is 2.51. The zero-order valence-corrected chi connectivity index (χ0v) is 18.3. The maximum Gasteiger partial charge on any atom is 0.522 e. The van der Waals surface area contributed by atoms with E-state index in [1.54, 1.807) is 17.0 Å². The first-order chi connectivity index (χ1) is 16.2. The second-order valence-electron chi connectivity index (χ2n) is 7.82. The van der Waals surface area contributed by atoms with Crippen LogP contribution >= 0.6 is 0 Å². The molecule has 0 bridgehead atoms. The summed E-state index contributed by atoms with van der Waals surface area (Å²) >= 11 is 0. The van der Waals surface area contributed by atoms with Gasteiger partial charge in [0.1, 0.15) is 30.9 Å². The number of hydrogen-bond donors (Lipinski definition) is 0. The van der Waals surface area contributed by atoms with Crippen LogP contribution in [0.1, 0.15) is 22.3 Å². The minimum absolute atomic E-state index is 0.0714. The second-order valence-corrected chi connectivity index (χ2v) is 7.82. The van der Waals surface area contributed by atoms with Crippen molar-refractivity contribution < 1.29 is 46.0 Å². The summed E-state index contributed by atoms with van der Waals surface area (Å²) in [5.74, 6) is -0.228. The quantitative estimate of drug-likeness (QED) is 0.438. The van der Waals surface area contributed by atoms with E-state index in [-0.39, 0.29) is 43.2 Å². The summed E-state index contributed by atoms with van der Waals surface area (Å²) in [4.78, 5) is 14.8. The number of alkyl halides is 3. The van der Waals surface area contributed by atoms with Gasteiger partial charge in [0.2, 0.25) is 0 Å². The molecule has 0 saturated carbocycles. The molecule has 34 heavy (non-hydrogen) atoms. The average molecular weight is 485 g/mol. The number of ether oxygens (including phenoxy) is 5. The molecule has 2 aliphatic heterocycles. The van der Waals surface area contributed by atoms with Crippen molar-refractivity contribution in [3.05, 3.63) is 59.4 Å². The van der Waals surface area contributed by atoms with Gasteiger partial charge in [-0.1, -0.05) is 12.1 Å². The fraction of sp³-hybridized carbons (Fsp3) is 0.435. The van der Waals surface area contributed by atoms with Crippen LogP contribution in [0.5, 0.6) is 11.5 Å². The average Bonchev–Trinajstić information content (AvgIpc) is 3.25. The Morgan fingerprint density at radius 1 is 1.15 bits per heavy atom. The Morgan fingerprint density at radius 3 is 2.62 bits per heavy atom. The van der Waals surface area contributed by atoms with E-state index >= 15 is 0 Å². The number of benzene rings is 2. The molecule has 2 heterocycles. The lowest BCUT2D eigenvalue weighted by Crippen LogP contribution is -2.53. The van der Waals surface area contributed by atoms with Crippen LogP contribution in [0.2, 0.25) is 0 Å². The van der Waals surface area contributed by atoms with Crippen LogP contribution in [0.3, 0.4) is 0 Å². The molecule has 11 heteroatoms. The van der Waals surface area contributed by atoms with Gasteiger partial charge in [-0.3, -0.25) is 9.53 Å². The van der Waals surface area contributed by atoms with Crippen LogP contribution in [-0.2, 0) is 19.8 Å². The normalized spacial score (nSPS) is 22.4. The lowest BCUT2D eigenvalue weighted by molar-refractivity contribution is -0.325. The molecule has 2 saturated heterocycles. The zero-order chi connectivity index (χ0) is 24.3. The minimum atomic E-state index is -4.74. The van der Waals surface area contributed by atoms with Gasteiger partial charge in [-0.25, -0.2) is 4.39 Å². The van der Waals surface area contributed by atoms with E-state index in [2.05, 4.69) is 4.74 Å². The van der Waals surface area contributed by atoms with E-state index in [1.165, 1.54) is 37.4 Å². The number of carbonyl (C=O) groups is 1. The summed E-state index contributed by atoms with van der Waals surface area (Å²) in [6.07, 6.45) is -4.69. The van der Waals surface area contributed by atoms with E-state index in [0.717, 1.165) is 5.56 Å². The lowest BCUT2D eigenvalue weighted by Gasteiger charge is -2.42. The molecular weight excluding hydrogens is 462 g/mol. The van der Waals surface area contributed by atoms with Gasteiger partial charge in [0, 0.05) is 18.5 Å². The number of methoxy groups -OCH3 is 1. The third-order valence-corrected chi connectivity index (χ3v) is 5.88. The summed E-state index contributed by atoms with van der Waals surface area (Å²) in [6, 6.07) is 10.5. The molecule has 184 valence electrons. The highest BCUT2D eigenvalue weighted by Crippen LogP contribution is 2.43. The van der Waals surface area contributed by atoms with Crippen molar-refractivity contribution in [2.45, 2.75) is 24.5 Å². The van der Waals surface area contributed by atoms with E-state index in [9.17, 15) is 22.4 Å². The van der Waals surface area contributed by atoms with Crippen LogP contribution in [0, 0.1) is 5.82 Å². The van der Waals surface area contributed by atoms with Crippen molar-refractivity contribution in [1.82, 2.24) is 4.90 Å². The number of carbonyl (C=O) groups excluding carboxylic acids is 1. The number of amides is 1. The summed E-state index contributed by atoms with van der Waals surface area (Å²) in [5, 5.41) is 0. The van der Waals surface area contributed by atoms with Gasteiger partial charge in [0.05, 0.1) is 20.3 Å². The minimum Gasteiger partial charge on any atom is -0.493 e. The summed E-state index contributed by atoms with van der Waals surface area (Å²) in [5.41, 5.74) is 0.364. The Bertz CT molecular complexity index is 1020. The molecule has 0 radical (unpaired) electrons. The predicted molar refractivity (Wildman–Crippen MR) is 110 cm³/mol. The Kier molecular flexibility index (Phi) is 6.96.